The summed E-state index contributed by atoms with van der Waals surface area (Å²) in [5, 5.41) is 7.55. The van der Waals surface area contributed by atoms with Crippen LogP contribution >= 0.6 is 0 Å². The molecule has 0 amide bonds. The number of benzene rings is 1. The molecule has 0 atom stereocenters. The van der Waals surface area contributed by atoms with Crippen molar-refractivity contribution in [1.29, 1.82) is 0 Å². The van der Waals surface area contributed by atoms with Gasteiger partial charge >= 0.3 is 0 Å². The lowest BCUT2D eigenvalue weighted by atomic mass is 10.2. The highest BCUT2D eigenvalue weighted by atomic mass is 19.1. The van der Waals surface area contributed by atoms with Crippen molar-refractivity contribution in [2.45, 2.75) is 33.4 Å². The standard InChI is InChI=1S/C16H22FN3O/c1-4-7-18-10-13-9-14(17)5-6-16(13)21-11-15-8-12(2)19-20(15)3/h5-6,8-9,18H,4,7,10-11H2,1-3H3. The molecule has 0 radical (unpaired) electrons. The van der Waals surface area contributed by atoms with Gasteiger partial charge in [-0.1, -0.05) is 6.92 Å². The number of aromatic nitrogens is 2. The maximum Gasteiger partial charge on any atom is 0.130 e. The van der Waals surface area contributed by atoms with Crippen LogP contribution in [0.25, 0.3) is 0 Å². The second-order valence-electron chi connectivity index (χ2n) is 5.12. The summed E-state index contributed by atoms with van der Waals surface area (Å²) in [7, 11) is 1.89. The second-order valence-corrected chi connectivity index (χ2v) is 5.12. The molecule has 1 N–H and O–H groups in total. The van der Waals surface area contributed by atoms with Crippen LogP contribution in [0.5, 0.6) is 5.75 Å². The molecule has 21 heavy (non-hydrogen) atoms. The van der Waals surface area contributed by atoms with Crippen molar-refractivity contribution < 1.29 is 9.13 Å². The third-order valence-electron chi connectivity index (χ3n) is 3.24. The predicted octanol–water partition coefficient (Wildman–Crippen LogP) is 2.95. The molecular formula is C16H22FN3O. The molecule has 1 aromatic heterocycles. The van der Waals surface area contributed by atoms with Gasteiger partial charge in [-0.15, -0.1) is 0 Å². The second kappa shape index (κ2) is 7.22. The average Bonchev–Trinajstić information content (AvgIpc) is 2.76. The van der Waals surface area contributed by atoms with Crippen LogP contribution in [0.4, 0.5) is 4.39 Å². The normalized spacial score (nSPS) is 10.9. The highest BCUT2D eigenvalue weighted by Gasteiger charge is 2.08. The molecule has 0 aliphatic heterocycles. The molecule has 0 bridgehead atoms. The van der Waals surface area contributed by atoms with Crippen LogP contribution in [0.3, 0.4) is 0 Å². The summed E-state index contributed by atoms with van der Waals surface area (Å²) >= 11 is 0. The summed E-state index contributed by atoms with van der Waals surface area (Å²) in [4.78, 5) is 0. The van der Waals surface area contributed by atoms with Gasteiger partial charge in [0, 0.05) is 19.2 Å². The van der Waals surface area contributed by atoms with Gasteiger partial charge in [-0.05, 0) is 44.2 Å². The van der Waals surface area contributed by atoms with E-state index >= 15 is 0 Å². The van der Waals surface area contributed by atoms with Crippen LogP contribution in [0, 0.1) is 12.7 Å². The third-order valence-corrected chi connectivity index (χ3v) is 3.24. The molecule has 0 saturated heterocycles. The zero-order valence-corrected chi connectivity index (χ0v) is 12.8. The average molecular weight is 291 g/mol. The molecule has 2 aromatic rings. The SMILES string of the molecule is CCCNCc1cc(F)ccc1OCc1cc(C)nn1C. The molecule has 0 saturated carbocycles. The van der Waals surface area contributed by atoms with Crippen molar-refractivity contribution >= 4 is 0 Å². The molecule has 114 valence electrons. The molecule has 0 unspecified atom stereocenters. The summed E-state index contributed by atoms with van der Waals surface area (Å²) < 4.78 is 21.0. The van der Waals surface area contributed by atoms with Gasteiger partial charge in [0.1, 0.15) is 18.2 Å². The van der Waals surface area contributed by atoms with E-state index in [0.29, 0.717) is 18.9 Å². The fourth-order valence-corrected chi connectivity index (χ4v) is 2.18. The Balaban J connectivity index is 2.06. The van der Waals surface area contributed by atoms with Crippen LogP contribution in [0.2, 0.25) is 0 Å². The summed E-state index contributed by atoms with van der Waals surface area (Å²) in [5.74, 6) is 0.464. The molecule has 5 heteroatoms. The van der Waals surface area contributed by atoms with E-state index in [0.717, 1.165) is 29.9 Å². The Hall–Kier alpha value is -1.88. The third kappa shape index (κ3) is 4.29. The van der Waals surface area contributed by atoms with Crippen LogP contribution < -0.4 is 10.1 Å². The van der Waals surface area contributed by atoms with Gasteiger partial charge in [-0.3, -0.25) is 4.68 Å². The molecule has 0 spiro atoms. The number of aryl methyl sites for hydroxylation is 2. The lowest BCUT2D eigenvalue weighted by molar-refractivity contribution is 0.290. The molecule has 0 fully saturated rings. The van der Waals surface area contributed by atoms with Crippen molar-refractivity contribution in [3.05, 3.63) is 47.0 Å². The number of hydrogen-bond donors (Lipinski definition) is 1. The lowest BCUT2D eigenvalue weighted by Gasteiger charge is -2.12. The minimum absolute atomic E-state index is 0.243. The highest BCUT2D eigenvalue weighted by molar-refractivity contribution is 5.34. The van der Waals surface area contributed by atoms with E-state index in [4.69, 9.17) is 4.74 Å². The largest absolute Gasteiger partial charge is 0.487 e. The van der Waals surface area contributed by atoms with Crippen molar-refractivity contribution in [3.8, 4) is 5.75 Å². The number of nitrogens with zero attached hydrogens (tertiary/aromatic N) is 2. The summed E-state index contributed by atoms with van der Waals surface area (Å²) in [6, 6.07) is 6.61. The maximum atomic E-state index is 13.4. The molecule has 4 nitrogen and oxygen atoms in total. The Morgan fingerprint density at radius 2 is 2.14 bits per heavy atom. The van der Waals surface area contributed by atoms with Gasteiger partial charge in [0.05, 0.1) is 11.4 Å². The Morgan fingerprint density at radius 3 is 2.81 bits per heavy atom. The molecule has 1 heterocycles. The Morgan fingerprint density at radius 1 is 1.33 bits per heavy atom. The van der Waals surface area contributed by atoms with Crippen molar-refractivity contribution in [3.63, 3.8) is 0 Å². The van der Waals surface area contributed by atoms with E-state index in [9.17, 15) is 4.39 Å². The first kappa shape index (κ1) is 15.5. The van der Waals surface area contributed by atoms with E-state index in [1.807, 2.05) is 20.0 Å². The molecular weight excluding hydrogens is 269 g/mol. The van der Waals surface area contributed by atoms with Gasteiger partial charge in [-0.2, -0.15) is 5.10 Å². The van der Waals surface area contributed by atoms with Crippen molar-refractivity contribution in [2.24, 2.45) is 7.05 Å². The summed E-state index contributed by atoms with van der Waals surface area (Å²) in [6.07, 6.45) is 1.04. The van der Waals surface area contributed by atoms with Gasteiger partial charge in [0.15, 0.2) is 0 Å². The minimum atomic E-state index is -0.243. The first-order chi connectivity index (χ1) is 10.1. The Labute approximate surface area is 124 Å². The molecule has 0 aliphatic rings. The fraction of sp³-hybridized carbons (Fsp3) is 0.438. The smallest absolute Gasteiger partial charge is 0.130 e. The van der Waals surface area contributed by atoms with E-state index < -0.39 is 0 Å². The van der Waals surface area contributed by atoms with E-state index in [2.05, 4.69) is 17.3 Å². The van der Waals surface area contributed by atoms with Gasteiger partial charge in [-0.25, -0.2) is 4.39 Å². The number of rotatable bonds is 7. The Kier molecular flexibility index (Phi) is 5.33. The first-order valence-corrected chi connectivity index (χ1v) is 7.21. The zero-order valence-electron chi connectivity index (χ0n) is 12.8. The van der Waals surface area contributed by atoms with Crippen LogP contribution in [-0.4, -0.2) is 16.3 Å². The van der Waals surface area contributed by atoms with Gasteiger partial charge in [0.2, 0.25) is 0 Å². The zero-order chi connectivity index (χ0) is 15.2. The predicted molar refractivity (Wildman–Crippen MR) is 80.7 cm³/mol. The lowest BCUT2D eigenvalue weighted by Crippen LogP contribution is -2.15. The first-order valence-electron chi connectivity index (χ1n) is 7.21. The molecule has 1 aromatic carbocycles. The number of ether oxygens (including phenoxy) is 1. The van der Waals surface area contributed by atoms with Crippen LogP contribution in [0.15, 0.2) is 24.3 Å². The number of halogens is 1. The maximum absolute atomic E-state index is 13.4. The van der Waals surface area contributed by atoms with Crippen LogP contribution in [-0.2, 0) is 20.2 Å². The summed E-state index contributed by atoms with van der Waals surface area (Å²) in [5.41, 5.74) is 2.78. The van der Waals surface area contributed by atoms with Crippen LogP contribution in [0.1, 0.15) is 30.3 Å². The quantitative estimate of drug-likeness (QED) is 0.797. The minimum Gasteiger partial charge on any atom is -0.487 e. The topological polar surface area (TPSA) is 39.1 Å². The number of hydrogen-bond acceptors (Lipinski definition) is 3. The molecule has 2 rings (SSSR count). The highest BCUT2D eigenvalue weighted by Crippen LogP contribution is 2.21. The van der Waals surface area contributed by atoms with E-state index in [1.54, 1.807) is 10.7 Å². The van der Waals surface area contributed by atoms with Gasteiger partial charge in [0.25, 0.3) is 0 Å². The van der Waals surface area contributed by atoms with Crippen molar-refractivity contribution in [1.82, 2.24) is 15.1 Å². The van der Waals surface area contributed by atoms with E-state index in [-0.39, 0.29) is 5.82 Å². The Bertz CT molecular complexity index is 595. The molecule has 0 aliphatic carbocycles. The monoisotopic (exact) mass is 291 g/mol. The number of nitrogens with one attached hydrogen (secondary N) is 1. The summed E-state index contributed by atoms with van der Waals surface area (Å²) in [6.45, 7) is 5.97. The fourth-order valence-electron chi connectivity index (χ4n) is 2.18. The van der Waals surface area contributed by atoms with E-state index in [1.165, 1.54) is 12.1 Å². The van der Waals surface area contributed by atoms with Gasteiger partial charge < -0.3 is 10.1 Å². The van der Waals surface area contributed by atoms with Crippen molar-refractivity contribution in [2.75, 3.05) is 6.54 Å².